The number of carbonyl (C=O) groups is 2. The van der Waals surface area contributed by atoms with E-state index in [9.17, 15) is 19.7 Å². The van der Waals surface area contributed by atoms with Gasteiger partial charge in [0.05, 0.1) is 34.6 Å². The Morgan fingerprint density at radius 1 is 1.15 bits per heavy atom. The predicted octanol–water partition coefficient (Wildman–Crippen LogP) is 3.63. The smallest absolute Gasteiger partial charge is 0.310 e. The highest BCUT2D eigenvalue weighted by Crippen LogP contribution is 2.29. The maximum atomic E-state index is 11.9. The molecular formula is C17H14Cl2N2O6. The van der Waals surface area contributed by atoms with E-state index in [2.05, 4.69) is 5.32 Å². The lowest BCUT2D eigenvalue weighted by Crippen LogP contribution is -2.22. The molecule has 0 aliphatic heterocycles. The van der Waals surface area contributed by atoms with Crippen LogP contribution in [0.3, 0.4) is 0 Å². The molecule has 1 amide bonds. The third-order valence-corrected chi connectivity index (χ3v) is 4.11. The molecule has 0 atom stereocenters. The molecule has 0 fully saturated rings. The Kier molecular flexibility index (Phi) is 6.98. The largest absolute Gasteiger partial charge is 0.496 e. The van der Waals surface area contributed by atoms with Crippen LogP contribution in [0.2, 0.25) is 10.0 Å². The molecule has 8 nitrogen and oxygen atoms in total. The fourth-order valence-electron chi connectivity index (χ4n) is 2.09. The van der Waals surface area contributed by atoms with Crippen molar-refractivity contribution in [3.05, 3.63) is 62.1 Å². The van der Waals surface area contributed by atoms with E-state index in [1.807, 2.05) is 0 Å². The van der Waals surface area contributed by atoms with E-state index in [1.54, 1.807) is 12.1 Å². The number of ether oxygens (including phenoxy) is 2. The van der Waals surface area contributed by atoms with Gasteiger partial charge in [-0.1, -0.05) is 29.3 Å². The molecule has 0 heterocycles. The molecule has 2 aromatic rings. The molecule has 142 valence electrons. The number of nitrogens with one attached hydrogen (secondary N) is 1. The summed E-state index contributed by atoms with van der Waals surface area (Å²) in [6, 6.07) is 8.63. The second-order valence-corrected chi connectivity index (χ2v) is 6.09. The van der Waals surface area contributed by atoms with E-state index in [-0.39, 0.29) is 23.5 Å². The molecule has 10 heteroatoms. The summed E-state index contributed by atoms with van der Waals surface area (Å²) in [5, 5.41) is 14.1. The standard InChI is InChI=1S/C17H14Cl2N2O6/c1-26-11-3-5-14(15(8-11)21(24)25)20-16(22)9-27-17(23)7-10-2-4-12(18)13(19)6-10/h2-6,8H,7,9H2,1H3,(H,20,22). The van der Waals surface area contributed by atoms with Gasteiger partial charge in [0.25, 0.3) is 11.6 Å². The first kappa shape index (κ1) is 20.5. The van der Waals surface area contributed by atoms with E-state index in [1.165, 1.54) is 31.4 Å². The number of esters is 1. The molecule has 0 unspecified atom stereocenters. The van der Waals surface area contributed by atoms with Crippen LogP contribution in [0.15, 0.2) is 36.4 Å². The highest BCUT2D eigenvalue weighted by atomic mass is 35.5. The number of carbonyl (C=O) groups excluding carboxylic acids is 2. The van der Waals surface area contributed by atoms with Gasteiger partial charge in [-0.25, -0.2) is 0 Å². The molecule has 0 radical (unpaired) electrons. The molecule has 0 aromatic heterocycles. The number of nitro benzene ring substituents is 1. The van der Waals surface area contributed by atoms with Crippen LogP contribution in [0, 0.1) is 10.1 Å². The summed E-state index contributed by atoms with van der Waals surface area (Å²) >= 11 is 11.7. The van der Waals surface area contributed by atoms with Crippen molar-refractivity contribution in [2.24, 2.45) is 0 Å². The van der Waals surface area contributed by atoms with Crippen LogP contribution in [0.5, 0.6) is 5.75 Å². The van der Waals surface area contributed by atoms with Crippen LogP contribution in [-0.2, 0) is 20.7 Å². The average Bonchev–Trinajstić information content (AvgIpc) is 2.63. The van der Waals surface area contributed by atoms with Gasteiger partial charge in [-0.15, -0.1) is 0 Å². The molecule has 0 saturated heterocycles. The Labute approximate surface area is 164 Å². The number of nitro groups is 1. The molecule has 2 aromatic carbocycles. The first-order valence-corrected chi connectivity index (χ1v) is 8.27. The van der Waals surface area contributed by atoms with Gasteiger partial charge < -0.3 is 14.8 Å². The van der Waals surface area contributed by atoms with Gasteiger partial charge in [-0.3, -0.25) is 19.7 Å². The molecule has 0 spiro atoms. The van der Waals surface area contributed by atoms with Crippen LogP contribution in [0.25, 0.3) is 0 Å². The molecular weight excluding hydrogens is 399 g/mol. The van der Waals surface area contributed by atoms with E-state index < -0.39 is 23.4 Å². The van der Waals surface area contributed by atoms with Crippen molar-refractivity contribution in [3.63, 3.8) is 0 Å². The molecule has 0 bridgehead atoms. The Morgan fingerprint density at radius 3 is 2.52 bits per heavy atom. The van der Waals surface area contributed by atoms with Gasteiger partial charge >= 0.3 is 5.97 Å². The minimum atomic E-state index is -0.717. The number of hydrogen-bond donors (Lipinski definition) is 1. The van der Waals surface area contributed by atoms with Gasteiger partial charge in [0.15, 0.2) is 6.61 Å². The topological polar surface area (TPSA) is 108 Å². The van der Waals surface area contributed by atoms with Crippen molar-refractivity contribution < 1.29 is 24.0 Å². The zero-order chi connectivity index (χ0) is 20.0. The van der Waals surface area contributed by atoms with E-state index >= 15 is 0 Å². The number of methoxy groups -OCH3 is 1. The van der Waals surface area contributed by atoms with Crippen molar-refractivity contribution >= 4 is 46.5 Å². The summed E-state index contributed by atoms with van der Waals surface area (Å²) in [7, 11) is 1.37. The first-order chi connectivity index (χ1) is 12.8. The van der Waals surface area contributed by atoms with Crippen molar-refractivity contribution in [3.8, 4) is 5.75 Å². The number of benzene rings is 2. The number of nitrogens with zero attached hydrogens (tertiary/aromatic N) is 1. The van der Waals surface area contributed by atoms with Gasteiger partial charge in [0, 0.05) is 0 Å². The summed E-state index contributed by atoms with van der Waals surface area (Å²) in [4.78, 5) is 34.2. The zero-order valence-electron chi connectivity index (χ0n) is 14.0. The van der Waals surface area contributed by atoms with Gasteiger partial charge in [0.1, 0.15) is 11.4 Å². The van der Waals surface area contributed by atoms with Crippen molar-refractivity contribution in [2.75, 3.05) is 19.0 Å². The number of hydrogen-bond acceptors (Lipinski definition) is 6. The summed E-state index contributed by atoms with van der Waals surface area (Å²) in [6.07, 6.45) is -0.104. The highest BCUT2D eigenvalue weighted by Gasteiger charge is 2.18. The third kappa shape index (κ3) is 5.83. The second-order valence-electron chi connectivity index (χ2n) is 5.27. The third-order valence-electron chi connectivity index (χ3n) is 3.37. The molecule has 0 aliphatic rings. The Morgan fingerprint density at radius 2 is 1.89 bits per heavy atom. The van der Waals surface area contributed by atoms with Gasteiger partial charge in [0.2, 0.25) is 0 Å². The minimum absolute atomic E-state index is 0.0358. The highest BCUT2D eigenvalue weighted by molar-refractivity contribution is 6.42. The average molecular weight is 413 g/mol. The van der Waals surface area contributed by atoms with Crippen molar-refractivity contribution in [1.29, 1.82) is 0 Å². The quantitative estimate of drug-likeness (QED) is 0.422. The normalized spacial score (nSPS) is 10.2. The summed E-state index contributed by atoms with van der Waals surface area (Å²) in [6.45, 7) is -0.594. The fraction of sp³-hybridized carbons (Fsp3) is 0.176. The lowest BCUT2D eigenvalue weighted by Gasteiger charge is -2.08. The maximum absolute atomic E-state index is 11.9. The van der Waals surface area contributed by atoms with Crippen molar-refractivity contribution in [2.45, 2.75) is 6.42 Å². The number of amides is 1. The fourth-order valence-corrected chi connectivity index (χ4v) is 2.42. The van der Waals surface area contributed by atoms with Gasteiger partial charge in [-0.05, 0) is 29.8 Å². The van der Waals surface area contributed by atoms with Crippen LogP contribution >= 0.6 is 23.2 Å². The summed E-state index contributed by atoms with van der Waals surface area (Å²) in [5.74, 6) is -1.11. The Bertz CT molecular complexity index is 888. The SMILES string of the molecule is COc1ccc(NC(=O)COC(=O)Cc2ccc(Cl)c(Cl)c2)c([N+](=O)[O-])c1. The van der Waals surface area contributed by atoms with Crippen LogP contribution in [-0.4, -0.2) is 30.5 Å². The zero-order valence-corrected chi connectivity index (χ0v) is 15.5. The molecule has 0 aliphatic carbocycles. The van der Waals surface area contributed by atoms with Gasteiger partial charge in [-0.2, -0.15) is 0 Å². The summed E-state index contributed by atoms with van der Waals surface area (Å²) < 4.78 is 9.79. The molecule has 27 heavy (non-hydrogen) atoms. The minimum Gasteiger partial charge on any atom is -0.496 e. The number of halogens is 2. The van der Waals surface area contributed by atoms with Crippen LogP contribution < -0.4 is 10.1 Å². The lowest BCUT2D eigenvalue weighted by molar-refractivity contribution is -0.384. The predicted molar refractivity (Wildman–Crippen MR) is 99.4 cm³/mol. The van der Waals surface area contributed by atoms with E-state index in [0.29, 0.717) is 15.6 Å². The first-order valence-electron chi connectivity index (χ1n) is 7.52. The monoisotopic (exact) mass is 412 g/mol. The van der Waals surface area contributed by atoms with Crippen LogP contribution in [0.1, 0.15) is 5.56 Å². The Balaban J connectivity index is 1.93. The number of anilines is 1. The Hall–Kier alpha value is -2.84. The summed E-state index contributed by atoms with van der Waals surface area (Å²) in [5.41, 5.74) is 0.191. The molecule has 1 N–H and O–H groups in total. The van der Waals surface area contributed by atoms with E-state index in [0.717, 1.165) is 0 Å². The number of rotatable bonds is 7. The molecule has 0 saturated carbocycles. The van der Waals surface area contributed by atoms with E-state index in [4.69, 9.17) is 32.7 Å². The maximum Gasteiger partial charge on any atom is 0.310 e. The molecule has 2 rings (SSSR count). The van der Waals surface area contributed by atoms with Crippen molar-refractivity contribution in [1.82, 2.24) is 0 Å². The van der Waals surface area contributed by atoms with Crippen LogP contribution in [0.4, 0.5) is 11.4 Å². The second kappa shape index (κ2) is 9.20. The lowest BCUT2D eigenvalue weighted by atomic mass is 10.1.